The number of amides is 1. The first-order chi connectivity index (χ1) is 11.0. The lowest BCUT2D eigenvalue weighted by molar-refractivity contribution is -0.153. The molecule has 0 aromatic heterocycles. The molecule has 0 fully saturated rings. The number of hydrogen-bond acceptors (Lipinski definition) is 4. The van der Waals surface area contributed by atoms with E-state index in [0.717, 1.165) is 0 Å². The first-order valence-electron chi connectivity index (χ1n) is 6.93. The molecule has 1 aromatic carbocycles. The highest BCUT2D eigenvalue weighted by Gasteiger charge is 2.29. The van der Waals surface area contributed by atoms with E-state index in [1.807, 2.05) is 0 Å². The van der Waals surface area contributed by atoms with Crippen molar-refractivity contribution < 1.29 is 37.3 Å². The van der Waals surface area contributed by atoms with Crippen LogP contribution in [0, 0.1) is 5.41 Å². The molecule has 1 aromatic rings. The van der Waals surface area contributed by atoms with Crippen LogP contribution in [0.5, 0.6) is 11.5 Å². The van der Waals surface area contributed by atoms with E-state index in [1.165, 1.54) is 38.1 Å². The Morgan fingerprint density at radius 1 is 1.12 bits per heavy atom. The molecule has 0 radical (unpaired) electrons. The third-order valence-electron chi connectivity index (χ3n) is 2.91. The number of alkyl halides is 3. The Kier molecular flexibility index (Phi) is 6.44. The second kappa shape index (κ2) is 7.89. The second-order valence-corrected chi connectivity index (χ2v) is 5.61. The number of carboxylic acid groups (broad SMARTS) is 1. The fourth-order valence-corrected chi connectivity index (χ4v) is 1.44. The Morgan fingerprint density at radius 3 is 2.17 bits per heavy atom. The van der Waals surface area contributed by atoms with Gasteiger partial charge in [0.15, 0.2) is 24.7 Å². The van der Waals surface area contributed by atoms with Crippen LogP contribution in [0.15, 0.2) is 24.3 Å². The molecule has 0 heterocycles. The molecule has 0 spiro atoms. The number of halogens is 3. The minimum atomic E-state index is -4.49. The van der Waals surface area contributed by atoms with Crippen molar-refractivity contribution >= 4 is 11.9 Å². The van der Waals surface area contributed by atoms with Gasteiger partial charge < -0.3 is 19.9 Å². The van der Waals surface area contributed by atoms with Crippen molar-refractivity contribution in [3.63, 3.8) is 0 Å². The van der Waals surface area contributed by atoms with Gasteiger partial charge in [-0.05, 0) is 26.0 Å². The number of hydrogen-bond donors (Lipinski definition) is 2. The van der Waals surface area contributed by atoms with Gasteiger partial charge in [-0.3, -0.25) is 9.59 Å². The smallest absolute Gasteiger partial charge is 0.422 e. The van der Waals surface area contributed by atoms with Gasteiger partial charge in [0, 0.05) is 6.54 Å². The maximum absolute atomic E-state index is 12.2. The van der Waals surface area contributed by atoms with E-state index in [2.05, 4.69) is 10.1 Å². The van der Waals surface area contributed by atoms with Crippen LogP contribution >= 0.6 is 0 Å². The van der Waals surface area contributed by atoms with Crippen molar-refractivity contribution in [2.75, 3.05) is 19.8 Å². The van der Waals surface area contributed by atoms with E-state index < -0.39 is 36.7 Å². The largest absolute Gasteiger partial charge is 0.481 e. The van der Waals surface area contributed by atoms with Crippen LogP contribution in [0.3, 0.4) is 0 Å². The SMILES string of the molecule is CC(C)(CNC(=O)COc1ccccc1OCC(F)(F)F)C(=O)O. The number of para-hydroxylation sites is 2. The van der Waals surface area contributed by atoms with Crippen LogP contribution in [0.25, 0.3) is 0 Å². The number of ether oxygens (including phenoxy) is 2. The molecule has 1 amide bonds. The first-order valence-corrected chi connectivity index (χ1v) is 6.93. The van der Waals surface area contributed by atoms with E-state index in [0.29, 0.717) is 0 Å². The summed E-state index contributed by atoms with van der Waals surface area (Å²) in [4.78, 5) is 22.6. The van der Waals surface area contributed by atoms with Crippen molar-refractivity contribution in [2.24, 2.45) is 5.41 Å². The van der Waals surface area contributed by atoms with Crippen molar-refractivity contribution in [1.82, 2.24) is 5.32 Å². The molecule has 0 aliphatic heterocycles. The summed E-state index contributed by atoms with van der Waals surface area (Å²) in [6.07, 6.45) is -4.49. The highest BCUT2D eigenvalue weighted by atomic mass is 19.4. The Labute approximate surface area is 136 Å². The molecule has 0 saturated heterocycles. The van der Waals surface area contributed by atoms with Crippen LogP contribution in [0.1, 0.15) is 13.8 Å². The highest BCUT2D eigenvalue weighted by Crippen LogP contribution is 2.28. The fourth-order valence-electron chi connectivity index (χ4n) is 1.44. The molecular formula is C15H18F3NO5. The van der Waals surface area contributed by atoms with Gasteiger partial charge in [0.2, 0.25) is 0 Å². The molecule has 0 aliphatic rings. The van der Waals surface area contributed by atoms with Crippen LogP contribution < -0.4 is 14.8 Å². The molecule has 2 N–H and O–H groups in total. The number of carboxylic acids is 1. The van der Waals surface area contributed by atoms with E-state index in [9.17, 15) is 22.8 Å². The molecule has 6 nitrogen and oxygen atoms in total. The molecule has 134 valence electrons. The minimum absolute atomic E-state index is 0.0191. The third-order valence-corrected chi connectivity index (χ3v) is 2.91. The van der Waals surface area contributed by atoms with Crippen LogP contribution in [-0.2, 0) is 9.59 Å². The summed E-state index contributed by atoms with van der Waals surface area (Å²) in [5.74, 6) is -1.84. The second-order valence-electron chi connectivity index (χ2n) is 5.61. The van der Waals surface area contributed by atoms with Gasteiger partial charge >= 0.3 is 12.1 Å². The van der Waals surface area contributed by atoms with E-state index in [-0.39, 0.29) is 18.0 Å². The molecule has 0 unspecified atom stereocenters. The maximum atomic E-state index is 12.2. The zero-order valence-electron chi connectivity index (χ0n) is 13.1. The molecule has 0 saturated carbocycles. The molecule has 24 heavy (non-hydrogen) atoms. The maximum Gasteiger partial charge on any atom is 0.422 e. The number of nitrogens with one attached hydrogen (secondary N) is 1. The molecule has 0 atom stereocenters. The molecule has 9 heteroatoms. The Balaban J connectivity index is 2.55. The summed E-state index contributed by atoms with van der Waals surface area (Å²) < 4.78 is 46.3. The lowest BCUT2D eigenvalue weighted by Crippen LogP contribution is -2.40. The van der Waals surface area contributed by atoms with Gasteiger partial charge in [0.1, 0.15) is 0 Å². The normalized spacial score (nSPS) is 11.7. The van der Waals surface area contributed by atoms with Gasteiger partial charge in [0.25, 0.3) is 5.91 Å². The zero-order valence-corrected chi connectivity index (χ0v) is 13.1. The van der Waals surface area contributed by atoms with E-state index >= 15 is 0 Å². The lowest BCUT2D eigenvalue weighted by atomic mass is 9.94. The third kappa shape index (κ3) is 6.76. The van der Waals surface area contributed by atoms with Crippen LogP contribution in [-0.4, -0.2) is 42.9 Å². The van der Waals surface area contributed by atoms with E-state index in [1.54, 1.807) is 0 Å². The first kappa shape index (κ1) is 19.6. The Hall–Kier alpha value is -2.45. The average Bonchev–Trinajstić information content (AvgIpc) is 2.48. The predicted octanol–water partition coefficient (Wildman–Crippen LogP) is 2.23. The fraction of sp³-hybridized carbons (Fsp3) is 0.467. The summed E-state index contributed by atoms with van der Waals surface area (Å²) in [5.41, 5.74) is -1.15. The minimum Gasteiger partial charge on any atom is -0.481 e. The predicted molar refractivity (Wildman–Crippen MR) is 77.9 cm³/mol. The standard InChI is InChI=1S/C15H18F3NO5/c1-14(2,13(21)22)8-19-12(20)7-23-10-5-3-4-6-11(10)24-9-15(16,17)18/h3-6H,7-9H2,1-2H3,(H,19,20)(H,21,22). The van der Waals surface area contributed by atoms with Crippen molar-refractivity contribution in [3.8, 4) is 11.5 Å². The lowest BCUT2D eigenvalue weighted by Gasteiger charge is -2.19. The Morgan fingerprint density at radius 2 is 1.67 bits per heavy atom. The topological polar surface area (TPSA) is 84.9 Å². The molecule has 0 bridgehead atoms. The molecule has 1 rings (SSSR count). The quantitative estimate of drug-likeness (QED) is 0.752. The van der Waals surface area contributed by atoms with Gasteiger partial charge in [-0.1, -0.05) is 12.1 Å². The van der Waals surface area contributed by atoms with Gasteiger partial charge in [-0.2, -0.15) is 13.2 Å². The van der Waals surface area contributed by atoms with Gasteiger partial charge in [-0.25, -0.2) is 0 Å². The average molecular weight is 349 g/mol. The number of aliphatic carboxylic acids is 1. The monoisotopic (exact) mass is 349 g/mol. The summed E-state index contributed by atoms with van der Waals surface area (Å²) in [5, 5.41) is 11.3. The summed E-state index contributed by atoms with van der Waals surface area (Å²) in [6.45, 7) is 0.804. The van der Waals surface area contributed by atoms with Gasteiger partial charge in [-0.15, -0.1) is 0 Å². The van der Waals surface area contributed by atoms with E-state index in [4.69, 9.17) is 9.84 Å². The summed E-state index contributed by atoms with van der Waals surface area (Å²) >= 11 is 0. The number of carbonyl (C=O) groups is 2. The molecule has 0 aliphatic carbocycles. The summed E-state index contributed by atoms with van der Waals surface area (Å²) in [6, 6.07) is 5.63. The summed E-state index contributed by atoms with van der Waals surface area (Å²) in [7, 11) is 0. The van der Waals surface area contributed by atoms with Crippen molar-refractivity contribution in [3.05, 3.63) is 24.3 Å². The van der Waals surface area contributed by atoms with Crippen LogP contribution in [0.2, 0.25) is 0 Å². The number of rotatable bonds is 8. The van der Waals surface area contributed by atoms with Crippen molar-refractivity contribution in [2.45, 2.75) is 20.0 Å². The zero-order chi connectivity index (χ0) is 18.4. The highest BCUT2D eigenvalue weighted by molar-refractivity contribution is 5.79. The van der Waals surface area contributed by atoms with Crippen LogP contribution in [0.4, 0.5) is 13.2 Å². The van der Waals surface area contributed by atoms with Gasteiger partial charge in [0.05, 0.1) is 5.41 Å². The number of carbonyl (C=O) groups excluding carboxylic acids is 1. The molecular weight excluding hydrogens is 331 g/mol. The van der Waals surface area contributed by atoms with Crippen molar-refractivity contribution in [1.29, 1.82) is 0 Å². The number of benzene rings is 1. The Bertz CT molecular complexity index is 587.